The Bertz CT molecular complexity index is 732. The minimum Gasteiger partial charge on any atom is -0.486 e. The lowest BCUT2D eigenvalue weighted by atomic mass is 9.86. The third-order valence-corrected chi connectivity index (χ3v) is 3.79. The van der Waals surface area contributed by atoms with Crippen molar-refractivity contribution in [3.8, 4) is 11.5 Å². The molecule has 3 rings (SSSR count). The van der Waals surface area contributed by atoms with E-state index < -0.39 is 0 Å². The van der Waals surface area contributed by atoms with E-state index in [1.807, 2.05) is 24.3 Å². The van der Waals surface area contributed by atoms with Crippen molar-refractivity contribution in [2.24, 2.45) is 0 Å². The smallest absolute Gasteiger partial charge is 0.255 e. The van der Waals surface area contributed by atoms with Gasteiger partial charge in [-0.2, -0.15) is 0 Å². The highest BCUT2D eigenvalue weighted by molar-refractivity contribution is 6.05. The number of rotatable bonds is 2. The number of ether oxygens (including phenoxy) is 2. The molecule has 23 heavy (non-hydrogen) atoms. The van der Waals surface area contributed by atoms with Crippen molar-refractivity contribution in [3.05, 3.63) is 53.6 Å². The number of amides is 1. The van der Waals surface area contributed by atoms with Gasteiger partial charge in [-0.1, -0.05) is 39.0 Å². The Morgan fingerprint density at radius 3 is 2.43 bits per heavy atom. The minimum atomic E-state index is -0.154. The van der Waals surface area contributed by atoms with Crippen molar-refractivity contribution in [2.75, 3.05) is 18.5 Å². The predicted molar refractivity (Wildman–Crippen MR) is 90.5 cm³/mol. The van der Waals surface area contributed by atoms with E-state index in [1.165, 1.54) is 0 Å². The molecule has 0 unspecified atom stereocenters. The zero-order valence-corrected chi connectivity index (χ0v) is 13.7. The first-order valence-corrected chi connectivity index (χ1v) is 7.76. The van der Waals surface area contributed by atoms with Crippen LogP contribution in [0.15, 0.2) is 42.5 Å². The van der Waals surface area contributed by atoms with E-state index in [1.54, 1.807) is 18.2 Å². The number of anilines is 1. The van der Waals surface area contributed by atoms with Crippen LogP contribution in [0.2, 0.25) is 0 Å². The second-order valence-electron chi connectivity index (χ2n) is 6.61. The Balaban J connectivity index is 1.85. The van der Waals surface area contributed by atoms with Gasteiger partial charge >= 0.3 is 0 Å². The molecule has 0 spiro atoms. The number of benzene rings is 2. The average Bonchev–Trinajstić information content (AvgIpc) is 2.54. The normalized spacial score (nSPS) is 13.5. The largest absolute Gasteiger partial charge is 0.486 e. The molecule has 1 aliphatic rings. The van der Waals surface area contributed by atoms with Crippen LogP contribution in [0.5, 0.6) is 11.5 Å². The van der Waals surface area contributed by atoms with Crippen molar-refractivity contribution >= 4 is 11.6 Å². The number of carbonyl (C=O) groups excluding carboxylic acids is 1. The molecule has 0 atom stereocenters. The van der Waals surface area contributed by atoms with Gasteiger partial charge in [-0.05, 0) is 35.2 Å². The first-order valence-electron chi connectivity index (χ1n) is 7.76. The number of para-hydroxylation sites is 1. The topological polar surface area (TPSA) is 47.6 Å². The molecular weight excluding hydrogens is 290 g/mol. The lowest BCUT2D eigenvalue weighted by Crippen LogP contribution is -2.19. The predicted octanol–water partition coefficient (Wildman–Crippen LogP) is 4.01. The summed E-state index contributed by atoms with van der Waals surface area (Å²) in [4.78, 5) is 12.6. The number of hydrogen-bond acceptors (Lipinski definition) is 3. The van der Waals surface area contributed by atoms with Gasteiger partial charge in [0.05, 0.1) is 0 Å². The summed E-state index contributed by atoms with van der Waals surface area (Å²) < 4.78 is 11.0. The summed E-state index contributed by atoms with van der Waals surface area (Å²) in [6.07, 6.45) is 0. The van der Waals surface area contributed by atoms with Gasteiger partial charge in [-0.3, -0.25) is 4.79 Å². The molecule has 2 aromatic carbocycles. The Morgan fingerprint density at radius 1 is 1.00 bits per heavy atom. The summed E-state index contributed by atoms with van der Waals surface area (Å²) >= 11 is 0. The highest BCUT2D eigenvalue weighted by Gasteiger charge is 2.20. The molecule has 4 heteroatoms. The van der Waals surface area contributed by atoms with Crippen molar-refractivity contribution in [1.29, 1.82) is 0 Å². The maximum atomic E-state index is 12.6. The zero-order chi connectivity index (χ0) is 16.4. The number of nitrogens with one attached hydrogen (secondary N) is 1. The Morgan fingerprint density at radius 2 is 1.70 bits per heavy atom. The molecule has 0 aliphatic carbocycles. The van der Waals surface area contributed by atoms with Gasteiger partial charge in [-0.25, -0.2) is 0 Å². The van der Waals surface area contributed by atoms with Gasteiger partial charge in [0.15, 0.2) is 11.5 Å². The molecule has 120 valence electrons. The van der Waals surface area contributed by atoms with E-state index >= 15 is 0 Å². The fourth-order valence-corrected chi connectivity index (χ4v) is 2.63. The lowest BCUT2D eigenvalue weighted by molar-refractivity contribution is 0.102. The summed E-state index contributed by atoms with van der Waals surface area (Å²) in [6, 6.07) is 13.1. The summed E-state index contributed by atoms with van der Waals surface area (Å²) in [5, 5.41) is 3.00. The Hall–Kier alpha value is -2.49. The third kappa shape index (κ3) is 3.31. The molecule has 0 bridgehead atoms. The molecule has 1 amide bonds. The van der Waals surface area contributed by atoms with Gasteiger partial charge in [0.2, 0.25) is 0 Å². The fraction of sp³-hybridized carbons (Fsp3) is 0.316. The molecule has 1 N–H and O–H groups in total. The SMILES string of the molecule is CC(C)(C)c1ccccc1NC(=O)c1ccc2c(c1)OCCO2. The molecule has 2 aromatic rings. The van der Waals surface area contributed by atoms with Crippen molar-refractivity contribution in [3.63, 3.8) is 0 Å². The lowest BCUT2D eigenvalue weighted by Gasteiger charge is -2.23. The van der Waals surface area contributed by atoms with E-state index in [-0.39, 0.29) is 11.3 Å². The van der Waals surface area contributed by atoms with Crippen LogP contribution in [0.3, 0.4) is 0 Å². The van der Waals surface area contributed by atoms with Crippen LogP contribution in [0.1, 0.15) is 36.7 Å². The number of carbonyl (C=O) groups is 1. The molecule has 0 aromatic heterocycles. The molecule has 0 saturated heterocycles. The molecule has 0 radical (unpaired) electrons. The Kier molecular flexibility index (Phi) is 3.99. The highest BCUT2D eigenvalue weighted by atomic mass is 16.6. The van der Waals surface area contributed by atoms with Gasteiger partial charge in [0.1, 0.15) is 13.2 Å². The molecule has 1 aliphatic heterocycles. The molecule has 1 heterocycles. The van der Waals surface area contributed by atoms with E-state index in [2.05, 4.69) is 26.1 Å². The highest BCUT2D eigenvalue weighted by Crippen LogP contribution is 2.32. The maximum Gasteiger partial charge on any atom is 0.255 e. The van der Waals surface area contributed by atoms with E-state index in [0.717, 1.165) is 11.3 Å². The van der Waals surface area contributed by atoms with Crippen molar-refractivity contribution in [2.45, 2.75) is 26.2 Å². The Labute approximate surface area is 136 Å². The molecule has 0 saturated carbocycles. The van der Waals surface area contributed by atoms with Crippen LogP contribution in [0.4, 0.5) is 5.69 Å². The maximum absolute atomic E-state index is 12.6. The van der Waals surface area contributed by atoms with Gasteiger partial charge in [0.25, 0.3) is 5.91 Å². The van der Waals surface area contributed by atoms with E-state index in [0.29, 0.717) is 30.3 Å². The van der Waals surface area contributed by atoms with Crippen LogP contribution >= 0.6 is 0 Å². The summed E-state index contributed by atoms with van der Waals surface area (Å²) in [7, 11) is 0. The molecule has 0 fully saturated rings. The summed E-state index contributed by atoms with van der Waals surface area (Å²) in [6.45, 7) is 7.43. The quantitative estimate of drug-likeness (QED) is 0.911. The van der Waals surface area contributed by atoms with Crippen molar-refractivity contribution < 1.29 is 14.3 Å². The average molecular weight is 311 g/mol. The van der Waals surface area contributed by atoms with Crippen LogP contribution in [0, 0.1) is 0 Å². The summed E-state index contributed by atoms with van der Waals surface area (Å²) in [5.41, 5.74) is 2.44. The van der Waals surface area contributed by atoms with E-state index in [9.17, 15) is 4.79 Å². The van der Waals surface area contributed by atoms with Crippen LogP contribution in [0.25, 0.3) is 0 Å². The monoisotopic (exact) mass is 311 g/mol. The third-order valence-electron chi connectivity index (χ3n) is 3.79. The molecular formula is C19H21NO3. The van der Waals surface area contributed by atoms with E-state index in [4.69, 9.17) is 9.47 Å². The fourth-order valence-electron chi connectivity index (χ4n) is 2.63. The summed E-state index contributed by atoms with van der Waals surface area (Å²) in [5.74, 6) is 1.15. The number of hydrogen-bond donors (Lipinski definition) is 1. The second-order valence-corrected chi connectivity index (χ2v) is 6.61. The zero-order valence-electron chi connectivity index (χ0n) is 13.7. The van der Waals surface area contributed by atoms with Crippen LogP contribution in [-0.4, -0.2) is 19.1 Å². The van der Waals surface area contributed by atoms with Gasteiger partial charge < -0.3 is 14.8 Å². The number of fused-ring (bicyclic) bond motifs is 1. The van der Waals surface area contributed by atoms with Gasteiger partial charge in [0, 0.05) is 11.3 Å². The first-order chi connectivity index (χ1) is 10.9. The second kappa shape index (κ2) is 5.95. The standard InChI is InChI=1S/C19H21NO3/c1-19(2,3)14-6-4-5-7-15(14)20-18(21)13-8-9-16-17(12-13)23-11-10-22-16/h4-9,12H,10-11H2,1-3H3,(H,20,21). The van der Waals surface area contributed by atoms with Crippen LogP contribution < -0.4 is 14.8 Å². The minimum absolute atomic E-state index is 0.0450. The molecule has 4 nitrogen and oxygen atoms in total. The van der Waals surface area contributed by atoms with Crippen LogP contribution in [-0.2, 0) is 5.41 Å². The van der Waals surface area contributed by atoms with Gasteiger partial charge in [-0.15, -0.1) is 0 Å². The van der Waals surface area contributed by atoms with Crippen molar-refractivity contribution in [1.82, 2.24) is 0 Å². The first kappa shape index (κ1) is 15.4.